The van der Waals surface area contributed by atoms with Crippen LogP contribution in [0.1, 0.15) is 34.6 Å². The standard InChI is InChI=1S/C10H20.C4H10Si.Cr/c1-6-7(2)9(4)10(5)8(6)3;1-5(2,3)4;/h6-10H,1-5H3;1-2H2,3-4H3;/q;-2;+3. The molecule has 1 aliphatic carbocycles. The van der Waals surface area contributed by atoms with Crippen LogP contribution in [0.2, 0.25) is 13.1 Å². The molecule has 0 heterocycles. The fourth-order valence-corrected chi connectivity index (χ4v) is 2.39. The van der Waals surface area contributed by atoms with Gasteiger partial charge in [0.1, 0.15) is 0 Å². The largest absolute Gasteiger partial charge is 3.00 e. The average Bonchev–Trinajstić information content (AvgIpc) is 2.21. The fraction of sp³-hybridized carbons (Fsp3) is 0.857. The van der Waals surface area contributed by atoms with Crippen molar-refractivity contribution in [2.75, 3.05) is 0 Å². The Balaban J connectivity index is 0. The predicted molar refractivity (Wildman–Crippen MR) is 74.0 cm³/mol. The Morgan fingerprint density at radius 1 is 0.625 bits per heavy atom. The predicted octanol–water partition coefficient (Wildman–Crippen LogP) is 4.62. The first-order valence-corrected chi connectivity index (χ1v) is 9.67. The molecule has 1 radical (unpaired) electrons. The van der Waals surface area contributed by atoms with Crippen molar-refractivity contribution in [2.45, 2.75) is 47.7 Å². The Kier molecular flexibility index (Phi) is 8.65. The van der Waals surface area contributed by atoms with Gasteiger partial charge in [-0.1, -0.05) is 34.6 Å². The molecule has 0 aromatic rings. The van der Waals surface area contributed by atoms with Crippen LogP contribution in [0.4, 0.5) is 0 Å². The molecular weight excluding hydrogens is 248 g/mol. The van der Waals surface area contributed by atoms with Gasteiger partial charge in [-0.15, -0.1) is 13.1 Å². The first kappa shape index (κ1) is 19.1. The molecule has 0 N–H and O–H groups in total. The van der Waals surface area contributed by atoms with Gasteiger partial charge in [-0.3, -0.25) is 8.07 Å². The van der Waals surface area contributed by atoms with E-state index in [1.54, 1.807) is 0 Å². The normalized spacial score (nSPS) is 38.4. The van der Waals surface area contributed by atoms with Crippen LogP contribution in [-0.4, -0.2) is 8.07 Å². The van der Waals surface area contributed by atoms with Gasteiger partial charge >= 0.3 is 17.4 Å². The summed E-state index contributed by atoms with van der Waals surface area (Å²) in [6, 6.07) is 0. The summed E-state index contributed by atoms with van der Waals surface area (Å²) >= 11 is 0. The van der Waals surface area contributed by atoms with Crippen LogP contribution in [-0.2, 0) is 17.4 Å². The summed E-state index contributed by atoms with van der Waals surface area (Å²) in [7, 11) is -1.11. The van der Waals surface area contributed by atoms with E-state index in [0.717, 1.165) is 29.6 Å². The Bertz CT molecular complexity index is 135. The summed E-state index contributed by atoms with van der Waals surface area (Å²) in [6.45, 7) is 23.8. The maximum atomic E-state index is 3.80. The van der Waals surface area contributed by atoms with E-state index in [1.807, 2.05) is 0 Å². The summed E-state index contributed by atoms with van der Waals surface area (Å²) in [5.41, 5.74) is 0. The molecule has 0 aromatic heterocycles. The number of hydrogen-bond donors (Lipinski definition) is 0. The molecule has 95 valence electrons. The molecule has 0 amide bonds. The van der Waals surface area contributed by atoms with Crippen LogP contribution in [0.25, 0.3) is 0 Å². The molecule has 0 atom stereocenters. The minimum atomic E-state index is -1.11. The fourth-order valence-electron chi connectivity index (χ4n) is 2.39. The van der Waals surface area contributed by atoms with Gasteiger partial charge in [0.25, 0.3) is 0 Å². The van der Waals surface area contributed by atoms with E-state index >= 15 is 0 Å². The van der Waals surface area contributed by atoms with Crippen LogP contribution in [0, 0.1) is 42.7 Å². The van der Waals surface area contributed by atoms with E-state index in [4.69, 9.17) is 0 Å². The summed E-state index contributed by atoms with van der Waals surface area (Å²) in [5, 5.41) is 0. The zero-order chi connectivity index (χ0) is 12.4. The Morgan fingerprint density at radius 3 is 0.750 bits per heavy atom. The average molecular weight is 278 g/mol. The van der Waals surface area contributed by atoms with Gasteiger partial charge in [0, 0.05) is 0 Å². The second kappa shape index (κ2) is 7.24. The maximum absolute atomic E-state index is 3.80. The Labute approximate surface area is 116 Å². The molecule has 0 aliphatic heterocycles. The van der Waals surface area contributed by atoms with Crippen molar-refractivity contribution < 1.29 is 17.4 Å². The van der Waals surface area contributed by atoms with Gasteiger partial charge in [-0.25, -0.2) is 0 Å². The molecule has 0 nitrogen and oxygen atoms in total. The molecule has 2 heteroatoms. The summed E-state index contributed by atoms with van der Waals surface area (Å²) in [5.74, 6) is 4.68. The van der Waals surface area contributed by atoms with Crippen LogP contribution >= 0.6 is 0 Å². The second-order valence-corrected chi connectivity index (χ2v) is 10.8. The van der Waals surface area contributed by atoms with Crippen LogP contribution < -0.4 is 0 Å². The minimum absolute atomic E-state index is 0. The molecular formula is C14H30CrSi+. The van der Waals surface area contributed by atoms with E-state index in [9.17, 15) is 0 Å². The first-order chi connectivity index (χ1) is 6.55. The monoisotopic (exact) mass is 278 g/mol. The Hall–Kier alpha value is 0.749. The molecule has 0 aromatic carbocycles. The smallest absolute Gasteiger partial charge is 0.366 e. The molecule has 0 spiro atoms. The van der Waals surface area contributed by atoms with Crippen molar-refractivity contribution in [2.24, 2.45) is 29.6 Å². The molecule has 1 fully saturated rings. The minimum Gasteiger partial charge on any atom is -0.366 e. The third-order valence-electron chi connectivity index (χ3n) is 4.15. The van der Waals surface area contributed by atoms with Crippen LogP contribution in [0.5, 0.6) is 0 Å². The maximum Gasteiger partial charge on any atom is 3.00 e. The molecule has 1 saturated carbocycles. The second-order valence-electron chi connectivity index (χ2n) is 6.46. The molecule has 1 aliphatic rings. The molecule has 0 bridgehead atoms. The van der Waals surface area contributed by atoms with E-state index in [0.29, 0.717) is 0 Å². The van der Waals surface area contributed by atoms with Crippen LogP contribution in [0.3, 0.4) is 0 Å². The number of hydrogen-bond acceptors (Lipinski definition) is 0. The third-order valence-corrected chi connectivity index (χ3v) is 4.15. The zero-order valence-electron chi connectivity index (χ0n) is 12.2. The quantitative estimate of drug-likeness (QED) is 0.448. The van der Waals surface area contributed by atoms with Gasteiger partial charge in [-0.2, -0.15) is 0 Å². The topological polar surface area (TPSA) is 0 Å². The van der Waals surface area contributed by atoms with Crippen molar-refractivity contribution in [1.82, 2.24) is 0 Å². The molecule has 0 unspecified atom stereocenters. The van der Waals surface area contributed by atoms with Gasteiger partial charge in [0.2, 0.25) is 0 Å². The first-order valence-electron chi connectivity index (χ1n) is 6.26. The summed E-state index contributed by atoms with van der Waals surface area (Å²) < 4.78 is 0. The Morgan fingerprint density at radius 2 is 0.688 bits per heavy atom. The van der Waals surface area contributed by atoms with Crippen LogP contribution in [0.15, 0.2) is 0 Å². The van der Waals surface area contributed by atoms with Crippen molar-refractivity contribution in [3.05, 3.63) is 13.1 Å². The van der Waals surface area contributed by atoms with Gasteiger partial charge in [0.15, 0.2) is 0 Å². The summed E-state index contributed by atoms with van der Waals surface area (Å²) in [4.78, 5) is 0. The summed E-state index contributed by atoms with van der Waals surface area (Å²) in [6.07, 6.45) is 0. The van der Waals surface area contributed by atoms with E-state index < -0.39 is 8.07 Å². The van der Waals surface area contributed by atoms with E-state index in [2.05, 4.69) is 60.8 Å². The van der Waals surface area contributed by atoms with Gasteiger partial charge in [-0.05, 0) is 29.6 Å². The third kappa shape index (κ3) is 6.48. The zero-order valence-corrected chi connectivity index (χ0v) is 14.5. The van der Waals surface area contributed by atoms with Crippen molar-refractivity contribution in [1.29, 1.82) is 0 Å². The molecule has 16 heavy (non-hydrogen) atoms. The van der Waals surface area contributed by atoms with E-state index in [1.165, 1.54) is 0 Å². The molecule has 0 saturated heterocycles. The van der Waals surface area contributed by atoms with Crippen molar-refractivity contribution in [3.63, 3.8) is 0 Å². The van der Waals surface area contributed by atoms with E-state index in [-0.39, 0.29) is 17.4 Å². The van der Waals surface area contributed by atoms with Crippen molar-refractivity contribution in [3.8, 4) is 0 Å². The van der Waals surface area contributed by atoms with Gasteiger partial charge < -0.3 is 13.1 Å². The van der Waals surface area contributed by atoms with Gasteiger partial charge in [0.05, 0.1) is 0 Å². The number of rotatable bonds is 0. The molecule has 1 rings (SSSR count). The van der Waals surface area contributed by atoms with Crippen molar-refractivity contribution >= 4 is 8.07 Å². The SMILES string of the molecule is CC1C(C)C(C)C(C)C1C.[CH2-][Si]([CH2-])(C)C.[Cr+3].